The standard InChI is InChI=1S/C14H15BrClNS/c1-17-9-11(8-13-6-7-14(15)18-13)10-2-4-12(16)5-3-10/h2-7,11,17H,8-9H2,1H3. The second-order valence-electron chi connectivity index (χ2n) is 4.22. The highest BCUT2D eigenvalue weighted by atomic mass is 79.9. The SMILES string of the molecule is CNCC(Cc1ccc(Br)s1)c1ccc(Cl)cc1. The first kappa shape index (κ1) is 14.1. The third kappa shape index (κ3) is 3.82. The van der Waals surface area contributed by atoms with E-state index < -0.39 is 0 Å². The third-order valence-corrected chi connectivity index (χ3v) is 4.77. The lowest BCUT2D eigenvalue weighted by Crippen LogP contribution is -2.18. The number of halogens is 2. The molecule has 0 fully saturated rings. The van der Waals surface area contributed by atoms with Gasteiger partial charge in [0.05, 0.1) is 3.79 Å². The Morgan fingerprint density at radius 3 is 2.50 bits per heavy atom. The molecule has 1 nitrogen and oxygen atoms in total. The zero-order valence-corrected chi connectivity index (χ0v) is 13.3. The molecule has 0 radical (unpaired) electrons. The number of rotatable bonds is 5. The number of likely N-dealkylation sites (N-methyl/N-ethyl adjacent to an activating group) is 1. The quantitative estimate of drug-likeness (QED) is 0.828. The average molecular weight is 345 g/mol. The lowest BCUT2D eigenvalue weighted by molar-refractivity contribution is 0.630. The predicted octanol–water partition coefficient (Wildman–Crippen LogP) is 4.71. The minimum atomic E-state index is 0.484. The van der Waals surface area contributed by atoms with E-state index in [1.807, 2.05) is 19.2 Å². The number of thiophene rings is 1. The monoisotopic (exact) mass is 343 g/mol. The molecule has 1 heterocycles. The highest BCUT2D eigenvalue weighted by Crippen LogP contribution is 2.28. The van der Waals surface area contributed by atoms with E-state index in [2.05, 4.69) is 45.5 Å². The van der Waals surface area contributed by atoms with Crippen LogP contribution >= 0.6 is 38.9 Å². The first-order valence-electron chi connectivity index (χ1n) is 5.83. The van der Waals surface area contributed by atoms with E-state index in [-0.39, 0.29) is 0 Å². The van der Waals surface area contributed by atoms with E-state index in [0.29, 0.717) is 5.92 Å². The van der Waals surface area contributed by atoms with Gasteiger partial charge in [-0.15, -0.1) is 11.3 Å². The van der Waals surface area contributed by atoms with Gasteiger partial charge >= 0.3 is 0 Å². The second kappa shape index (κ2) is 6.71. The summed E-state index contributed by atoms with van der Waals surface area (Å²) in [6, 6.07) is 12.5. The van der Waals surface area contributed by atoms with Crippen molar-refractivity contribution in [3.05, 3.63) is 55.6 Å². The van der Waals surface area contributed by atoms with Crippen molar-refractivity contribution in [3.63, 3.8) is 0 Å². The van der Waals surface area contributed by atoms with E-state index in [1.165, 1.54) is 14.2 Å². The molecule has 1 unspecified atom stereocenters. The molecule has 0 aliphatic carbocycles. The molecule has 0 saturated carbocycles. The Morgan fingerprint density at radius 1 is 1.22 bits per heavy atom. The Morgan fingerprint density at radius 2 is 1.94 bits per heavy atom. The molecular weight excluding hydrogens is 330 g/mol. The van der Waals surface area contributed by atoms with Crippen LogP contribution in [0.15, 0.2) is 40.2 Å². The average Bonchev–Trinajstić information content (AvgIpc) is 2.75. The normalized spacial score (nSPS) is 12.6. The van der Waals surface area contributed by atoms with E-state index in [1.54, 1.807) is 11.3 Å². The molecule has 4 heteroatoms. The maximum atomic E-state index is 5.94. The highest BCUT2D eigenvalue weighted by Gasteiger charge is 2.12. The van der Waals surface area contributed by atoms with Gasteiger partial charge in [-0.1, -0.05) is 23.7 Å². The smallest absolute Gasteiger partial charge is 0.0701 e. The molecule has 0 bridgehead atoms. The molecule has 1 aromatic heterocycles. The van der Waals surface area contributed by atoms with Gasteiger partial charge < -0.3 is 5.32 Å². The van der Waals surface area contributed by atoms with Crippen LogP contribution in [0.25, 0.3) is 0 Å². The van der Waals surface area contributed by atoms with Crippen molar-refractivity contribution in [3.8, 4) is 0 Å². The molecule has 0 spiro atoms. The molecule has 96 valence electrons. The van der Waals surface area contributed by atoms with E-state index >= 15 is 0 Å². The van der Waals surface area contributed by atoms with Gasteiger partial charge in [-0.05, 0) is 59.2 Å². The summed E-state index contributed by atoms with van der Waals surface area (Å²) in [6.45, 7) is 0.969. The Balaban J connectivity index is 2.14. The molecule has 0 aliphatic heterocycles. The van der Waals surface area contributed by atoms with Crippen LogP contribution in [-0.2, 0) is 6.42 Å². The minimum absolute atomic E-state index is 0.484. The zero-order chi connectivity index (χ0) is 13.0. The van der Waals surface area contributed by atoms with Gasteiger partial charge in [0, 0.05) is 22.4 Å². The fraction of sp³-hybridized carbons (Fsp3) is 0.286. The van der Waals surface area contributed by atoms with Crippen LogP contribution in [0.3, 0.4) is 0 Å². The topological polar surface area (TPSA) is 12.0 Å². The summed E-state index contributed by atoms with van der Waals surface area (Å²) in [5, 5.41) is 4.06. The lowest BCUT2D eigenvalue weighted by Gasteiger charge is -2.16. The molecule has 1 N–H and O–H groups in total. The first-order valence-corrected chi connectivity index (χ1v) is 7.82. The van der Waals surface area contributed by atoms with Crippen molar-refractivity contribution in [2.75, 3.05) is 13.6 Å². The van der Waals surface area contributed by atoms with Gasteiger partial charge in [0.1, 0.15) is 0 Å². The number of benzene rings is 1. The van der Waals surface area contributed by atoms with Crippen molar-refractivity contribution in [1.29, 1.82) is 0 Å². The molecule has 0 aliphatic rings. The Bertz CT molecular complexity index is 495. The minimum Gasteiger partial charge on any atom is -0.319 e. The van der Waals surface area contributed by atoms with E-state index in [4.69, 9.17) is 11.6 Å². The third-order valence-electron chi connectivity index (χ3n) is 2.87. The summed E-state index contributed by atoms with van der Waals surface area (Å²) < 4.78 is 1.19. The van der Waals surface area contributed by atoms with Crippen LogP contribution in [0.2, 0.25) is 5.02 Å². The van der Waals surface area contributed by atoms with Crippen LogP contribution < -0.4 is 5.32 Å². The molecule has 18 heavy (non-hydrogen) atoms. The number of hydrogen-bond acceptors (Lipinski definition) is 2. The fourth-order valence-electron chi connectivity index (χ4n) is 1.99. The second-order valence-corrected chi connectivity index (χ2v) is 7.20. The molecule has 1 atom stereocenters. The number of nitrogens with one attached hydrogen (secondary N) is 1. The Labute approximate surface area is 125 Å². The number of hydrogen-bond donors (Lipinski definition) is 1. The van der Waals surface area contributed by atoms with Gasteiger partial charge in [-0.3, -0.25) is 0 Å². The van der Waals surface area contributed by atoms with Crippen molar-refractivity contribution >= 4 is 38.9 Å². The van der Waals surface area contributed by atoms with Crippen molar-refractivity contribution in [2.24, 2.45) is 0 Å². The summed E-state index contributed by atoms with van der Waals surface area (Å²) in [5.41, 5.74) is 1.33. The van der Waals surface area contributed by atoms with Crippen molar-refractivity contribution in [1.82, 2.24) is 5.32 Å². The first-order chi connectivity index (χ1) is 8.69. The maximum Gasteiger partial charge on any atom is 0.0701 e. The molecular formula is C14H15BrClNS. The highest BCUT2D eigenvalue weighted by molar-refractivity contribution is 9.11. The maximum absolute atomic E-state index is 5.94. The Hall–Kier alpha value is -0.350. The van der Waals surface area contributed by atoms with Gasteiger partial charge in [0.25, 0.3) is 0 Å². The van der Waals surface area contributed by atoms with Gasteiger partial charge in [0.15, 0.2) is 0 Å². The van der Waals surface area contributed by atoms with Crippen LogP contribution in [0.1, 0.15) is 16.4 Å². The summed E-state index contributed by atoms with van der Waals surface area (Å²) in [7, 11) is 1.99. The van der Waals surface area contributed by atoms with Crippen molar-refractivity contribution in [2.45, 2.75) is 12.3 Å². The molecule has 2 rings (SSSR count). The van der Waals surface area contributed by atoms with Gasteiger partial charge in [-0.2, -0.15) is 0 Å². The summed E-state index contributed by atoms with van der Waals surface area (Å²) in [5.74, 6) is 0.484. The van der Waals surface area contributed by atoms with Crippen LogP contribution in [-0.4, -0.2) is 13.6 Å². The van der Waals surface area contributed by atoms with Crippen molar-refractivity contribution < 1.29 is 0 Å². The summed E-state index contributed by atoms with van der Waals surface area (Å²) >= 11 is 11.3. The van der Waals surface area contributed by atoms with Gasteiger partial charge in [-0.25, -0.2) is 0 Å². The fourth-order valence-corrected chi connectivity index (χ4v) is 3.68. The van der Waals surface area contributed by atoms with Crippen LogP contribution in [0, 0.1) is 0 Å². The van der Waals surface area contributed by atoms with Crippen LogP contribution in [0.4, 0.5) is 0 Å². The van der Waals surface area contributed by atoms with E-state index in [9.17, 15) is 0 Å². The summed E-state index contributed by atoms with van der Waals surface area (Å²) in [4.78, 5) is 1.40. The molecule has 1 aromatic carbocycles. The molecule has 0 saturated heterocycles. The van der Waals surface area contributed by atoms with Crippen LogP contribution in [0.5, 0.6) is 0 Å². The van der Waals surface area contributed by atoms with Gasteiger partial charge in [0.2, 0.25) is 0 Å². The van der Waals surface area contributed by atoms with E-state index in [0.717, 1.165) is 18.0 Å². The zero-order valence-electron chi connectivity index (χ0n) is 10.1. The molecule has 0 amide bonds. The largest absolute Gasteiger partial charge is 0.319 e. The summed E-state index contributed by atoms with van der Waals surface area (Å²) in [6.07, 6.45) is 1.05. The lowest BCUT2D eigenvalue weighted by atomic mass is 9.95. The Kier molecular flexibility index (Phi) is 5.25. The predicted molar refractivity (Wildman–Crippen MR) is 83.8 cm³/mol. The molecule has 2 aromatic rings.